The lowest BCUT2D eigenvalue weighted by Crippen LogP contribution is -1.97. The normalized spacial score (nSPS) is 22.2. The van der Waals surface area contributed by atoms with Crippen LogP contribution in [-0.4, -0.2) is 5.78 Å². The third-order valence-electron chi connectivity index (χ3n) is 2.23. The van der Waals surface area contributed by atoms with Gasteiger partial charge >= 0.3 is 0 Å². The molecule has 1 heteroatoms. The summed E-state index contributed by atoms with van der Waals surface area (Å²) in [5, 5.41) is 0. The largest absolute Gasteiger partial charge is 0.295 e. The zero-order valence-corrected chi connectivity index (χ0v) is 6.41. The van der Waals surface area contributed by atoms with Crippen LogP contribution in [0.5, 0.6) is 0 Å². The average Bonchev–Trinajstić information content (AvgIpc) is 2.07. The molecule has 0 atom stereocenters. The van der Waals surface area contributed by atoms with Gasteiger partial charge in [0.15, 0.2) is 5.78 Å². The molecule has 0 unspecified atom stereocenters. The van der Waals surface area contributed by atoms with Gasteiger partial charge in [0.1, 0.15) is 0 Å². The molecule has 50 valence electrons. The van der Waals surface area contributed by atoms with E-state index in [-0.39, 0.29) is 11.2 Å². The van der Waals surface area contributed by atoms with Gasteiger partial charge in [-0.25, -0.2) is 0 Å². The third kappa shape index (κ3) is 0.716. The highest BCUT2D eigenvalue weighted by atomic mass is 16.1. The van der Waals surface area contributed by atoms with Crippen LogP contribution in [0.2, 0.25) is 0 Å². The van der Waals surface area contributed by atoms with Crippen molar-refractivity contribution < 1.29 is 4.79 Å². The average molecular weight is 124 g/mol. The predicted octanol–water partition coefficient (Wildman–Crippen LogP) is 1.93. The Morgan fingerprint density at radius 1 is 1.44 bits per heavy atom. The van der Waals surface area contributed by atoms with Gasteiger partial charge in [-0.1, -0.05) is 19.4 Å². The fourth-order valence-corrected chi connectivity index (χ4v) is 1.36. The second-order valence-electron chi connectivity index (χ2n) is 3.18. The molecule has 1 aliphatic rings. The molecule has 0 N–H and O–H groups in total. The van der Waals surface area contributed by atoms with Crippen molar-refractivity contribution in [1.29, 1.82) is 0 Å². The molecule has 0 radical (unpaired) electrons. The van der Waals surface area contributed by atoms with Crippen LogP contribution in [0.3, 0.4) is 0 Å². The van der Waals surface area contributed by atoms with E-state index in [0.717, 1.165) is 5.57 Å². The van der Waals surface area contributed by atoms with E-state index in [0.29, 0.717) is 0 Å². The molecule has 0 aromatic rings. The van der Waals surface area contributed by atoms with E-state index >= 15 is 0 Å². The summed E-state index contributed by atoms with van der Waals surface area (Å²) in [6, 6.07) is 0. The highest BCUT2D eigenvalue weighted by Crippen LogP contribution is 2.51. The fourth-order valence-electron chi connectivity index (χ4n) is 1.36. The molecule has 1 nitrogen and oxygen atoms in total. The number of carbonyl (C=O) groups excluding carboxylic acids is 1. The molecule has 0 aromatic carbocycles. The zero-order valence-electron chi connectivity index (χ0n) is 6.41. The van der Waals surface area contributed by atoms with E-state index < -0.39 is 0 Å². The molecular weight excluding hydrogens is 112 g/mol. The summed E-state index contributed by atoms with van der Waals surface area (Å²) in [7, 11) is 0. The Balaban J connectivity index is 2.79. The van der Waals surface area contributed by atoms with Crippen LogP contribution >= 0.6 is 0 Å². The van der Waals surface area contributed by atoms with Gasteiger partial charge in [0.2, 0.25) is 0 Å². The summed E-state index contributed by atoms with van der Waals surface area (Å²) in [5.74, 6) is 0.234. The van der Waals surface area contributed by atoms with Crippen LogP contribution in [0.15, 0.2) is 11.1 Å². The second-order valence-corrected chi connectivity index (χ2v) is 3.18. The lowest BCUT2D eigenvalue weighted by molar-refractivity contribution is -0.113. The van der Waals surface area contributed by atoms with Gasteiger partial charge in [0, 0.05) is 11.0 Å². The topological polar surface area (TPSA) is 17.1 Å². The van der Waals surface area contributed by atoms with Crippen molar-refractivity contribution in [2.75, 3.05) is 0 Å². The first kappa shape index (κ1) is 6.53. The van der Waals surface area contributed by atoms with Gasteiger partial charge in [0.05, 0.1) is 0 Å². The Hall–Kier alpha value is -0.590. The molecule has 0 amide bonds. The van der Waals surface area contributed by atoms with Crippen LogP contribution in [0.25, 0.3) is 0 Å². The van der Waals surface area contributed by atoms with Crippen molar-refractivity contribution in [3.8, 4) is 0 Å². The second kappa shape index (κ2) is 1.47. The van der Waals surface area contributed by atoms with Crippen molar-refractivity contribution >= 4 is 5.78 Å². The SMILES string of the molecule is CC(=O)C1=C(C)C1(C)C. The summed E-state index contributed by atoms with van der Waals surface area (Å²) in [5.41, 5.74) is 2.42. The van der Waals surface area contributed by atoms with E-state index in [1.165, 1.54) is 5.57 Å². The zero-order chi connectivity index (χ0) is 7.23. The Morgan fingerprint density at radius 2 is 1.78 bits per heavy atom. The van der Waals surface area contributed by atoms with E-state index in [1.54, 1.807) is 6.92 Å². The van der Waals surface area contributed by atoms with Crippen LogP contribution in [0.1, 0.15) is 27.7 Å². The Kier molecular flexibility index (Phi) is 1.06. The molecule has 1 rings (SSSR count). The minimum atomic E-state index is 0.131. The summed E-state index contributed by atoms with van der Waals surface area (Å²) < 4.78 is 0. The lowest BCUT2D eigenvalue weighted by atomic mass is 10.0. The third-order valence-corrected chi connectivity index (χ3v) is 2.23. The molecule has 0 aliphatic heterocycles. The fraction of sp³-hybridized carbons (Fsp3) is 0.625. The predicted molar refractivity (Wildman–Crippen MR) is 37.2 cm³/mol. The van der Waals surface area contributed by atoms with Gasteiger partial charge in [-0.05, 0) is 13.8 Å². The van der Waals surface area contributed by atoms with Gasteiger partial charge in [-0.3, -0.25) is 4.79 Å². The van der Waals surface area contributed by atoms with Gasteiger partial charge < -0.3 is 0 Å². The molecule has 0 spiro atoms. The summed E-state index contributed by atoms with van der Waals surface area (Å²) in [6.07, 6.45) is 0. The number of ketones is 1. The van der Waals surface area contributed by atoms with E-state index in [4.69, 9.17) is 0 Å². The van der Waals surface area contributed by atoms with Crippen molar-refractivity contribution in [1.82, 2.24) is 0 Å². The first-order valence-corrected chi connectivity index (χ1v) is 3.20. The van der Waals surface area contributed by atoms with Crippen LogP contribution < -0.4 is 0 Å². The Morgan fingerprint density at radius 3 is 1.78 bits per heavy atom. The molecular formula is C8H12O. The summed E-state index contributed by atoms with van der Waals surface area (Å²) >= 11 is 0. The maximum absolute atomic E-state index is 10.8. The smallest absolute Gasteiger partial charge is 0.156 e. The molecule has 9 heavy (non-hydrogen) atoms. The van der Waals surface area contributed by atoms with Crippen LogP contribution in [0.4, 0.5) is 0 Å². The molecule has 0 fully saturated rings. The molecule has 0 aromatic heterocycles. The van der Waals surface area contributed by atoms with Crippen molar-refractivity contribution in [3.63, 3.8) is 0 Å². The number of hydrogen-bond acceptors (Lipinski definition) is 1. The van der Waals surface area contributed by atoms with Gasteiger partial charge in [-0.15, -0.1) is 0 Å². The Labute approximate surface area is 55.8 Å². The number of allylic oxidation sites excluding steroid dienone is 2. The highest BCUT2D eigenvalue weighted by Gasteiger charge is 2.43. The number of rotatable bonds is 1. The Bertz CT molecular complexity index is 197. The van der Waals surface area contributed by atoms with Gasteiger partial charge in [0.25, 0.3) is 0 Å². The minimum absolute atomic E-state index is 0.131. The number of Topliss-reactive ketones (excluding diaryl/α,β-unsaturated/α-hetero) is 1. The molecule has 0 saturated heterocycles. The van der Waals surface area contributed by atoms with Crippen molar-refractivity contribution in [2.45, 2.75) is 27.7 Å². The van der Waals surface area contributed by atoms with Crippen LogP contribution in [0, 0.1) is 5.41 Å². The summed E-state index contributed by atoms with van der Waals surface area (Å²) in [6.45, 7) is 7.82. The number of carbonyl (C=O) groups is 1. The van der Waals surface area contributed by atoms with Crippen LogP contribution in [-0.2, 0) is 4.79 Å². The maximum Gasteiger partial charge on any atom is 0.156 e. The standard InChI is InChI=1S/C8H12O/c1-5-7(6(2)9)8(5,3)4/h1-4H3. The molecule has 0 heterocycles. The van der Waals surface area contributed by atoms with E-state index in [1.807, 2.05) is 6.92 Å². The van der Waals surface area contributed by atoms with Crippen molar-refractivity contribution in [3.05, 3.63) is 11.1 Å². The van der Waals surface area contributed by atoms with E-state index in [2.05, 4.69) is 13.8 Å². The van der Waals surface area contributed by atoms with E-state index in [9.17, 15) is 4.79 Å². The number of hydrogen-bond donors (Lipinski definition) is 0. The van der Waals surface area contributed by atoms with Crippen molar-refractivity contribution in [2.24, 2.45) is 5.41 Å². The first-order chi connectivity index (χ1) is 3.98. The quantitative estimate of drug-likeness (QED) is 0.522. The summed E-state index contributed by atoms with van der Waals surface area (Å²) in [4.78, 5) is 10.8. The lowest BCUT2D eigenvalue weighted by Gasteiger charge is -1.99. The monoisotopic (exact) mass is 124 g/mol. The molecule has 0 bridgehead atoms. The maximum atomic E-state index is 10.8. The highest BCUT2D eigenvalue weighted by molar-refractivity contribution is 6.01. The minimum Gasteiger partial charge on any atom is -0.295 e. The van der Waals surface area contributed by atoms with Gasteiger partial charge in [-0.2, -0.15) is 0 Å². The molecule has 1 aliphatic carbocycles. The first-order valence-electron chi connectivity index (χ1n) is 3.20. The molecule has 0 saturated carbocycles.